The highest BCUT2D eigenvalue weighted by Gasteiger charge is 2.14. The molecule has 0 spiro atoms. The lowest BCUT2D eigenvalue weighted by Gasteiger charge is -2.06. The molecule has 1 N–H and O–H groups in total. The Bertz CT molecular complexity index is 307. The Morgan fingerprint density at radius 2 is 1.88 bits per heavy atom. The molecule has 96 valence electrons. The van der Waals surface area contributed by atoms with Crippen LogP contribution in [-0.4, -0.2) is 36.2 Å². The summed E-state index contributed by atoms with van der Waals surface area (Å²) < 4.78 is 9.25. The van der Waals surface area contributed by atoms with Crippen LogP contribution in [0.2, 0.25) is 0 Å². The molecule has 0 amide bonds. The van der Waals surface area contributed by atoms with Crippen molar-refractivity contribution in [3.63, 3.8) is 0 Å². The Balaban J connectivity index is 3.79. The summed E-state index contributed by atoms with van der Waals surface area (Å²) in [5.41, 5.74) is -0.209. The first-order chi connectivity index (χ1) is 7.97. The third-order valence-corrected chi connectivity index (χ3v) is 1.74. The lowest BCUT2D eigenvalue weighted by molar-refractivity contribution is -0.157. The van der Waals surface area contributed by atoms with E-state index in [0.717, 1.165) is 12.8 Å². The van der Waals surface area contributed by atoms with Gasteiger partial charge in [0.1, 0.15) is 0 Å². The van der Waals surface area contributed by atoms with Gasteiger partial charge in [-0.05, 0) is 6.42 Å². The van der Waals surface area contributed by atoms with E-state index in [1.165, 1.54) is 0 Å². The van der Waals surface area contributed by atoms with E-state index in [4.69, 9.17) is 9.84 Å². The fourth-order valence-corrected chi connectivity index (χ4v) is 0.853. The van der Waals surface area contributed by atoms with E-state index in [9.17, 15) is 14.4 Å². The Morgan fingerprint density at radius 3 is 2.41 bits per heavy atom. The van der Waals surface area contributed by atoms with Gasteiger partial charge in [0.05, 0.1) is 13.0 Å². The van der Waals surface area contributed by atoms with Crippen molar-refractivity contribution < 1.29 is 29.0 Å². The number of unbranched alkanes of at least 4 members (excludes halogenated alkanes) is 1. The van der Waals surface area contributed by atoms with Crippen molar-refractivity contribution in [1.29, 1.82) is 0 Å². The maximum Gasteiger partial charge on any atom is 0.344 e. The molecule has 0 unspecified atom stereocenters. The SMILES string of the molecule is C=C(CC(=O)O)C(=O)OCC(=O)OCCCC. The Kier molecular flexibility index (Phi) is 7.41. The van der Waals surface area contributed by atoms with Gasteiger partial charge in [0.25, 0.3) is 0 Å². The number of carboxylic acid groups (broad SMARTS) is 1. The zero-order valence-electron chi connectivity index (χ0n) is 9.73. The van der Waals surface area contributed by atoms with E-state index in [1.54, 1.807) is 0 Å². The van der Waals surface area contributed by atoms with Gasteiger partial charge in [0.2, 0.25) is 0 Å². The number of esters is 2. The first-order valence-electron chi connectivity index (χ1n) is 5.19. The number of aliphatic carboxylic acids is 1. The van der Waals surface area contributed by atoms with Crippen LogP contribution in [-0.2, 0) is 23.9 Å². The lowest BCUT2D eigenvalue weighted by Crippen LogP contribution is -2.18. The molecule has 6 heteroatoms. The third kappa shape index (κ3) is 8.01. The maximum absolute atomic E-state index is 11.1. The van der Waals surface area contributed by atoms with E-state index in [-0.39, 0.29) is 12.2 Å². The molecule has 17 heavy (non-hydrogen) atoms. The van der Waals surface area contributed by atoms with Crippen LogP contribution in [0.4, 0.5) is 0 Å². The normalized spacial score (nSPS) is 9.47. The Labute approximate surface area is 99.2 Å². The fraction of sp³-hybridized carbons (Fsp3) is 0.545. The van der Waals surface area contributed by atoms with Crippen LogP contribution in [0, 0.1) is 0 Å². The number of hydrogen-bond donors (Lipinski definition) is 1. The van der Waals surface area contributed by atoms with Crippen LogP contribution < -0.4 is 0 Å². The summed E-state index contributed by atoms with van der Waals surface area (Å²) >= 11 is 0. The van der Waals surface area contributed by atoms with Gasteiger partial charge in [-0.2, -0.15) is 0 Å². The van der Waals surface area contributed by atoms with E-state index in [2.05, 4.69) is 11.3 Å². The minimum Gasteiger partial charge on any atom is -0.481 e. The summed E-state index contributed by atoms with van der Waals surface area (Å²) in [6, 6.07) is 0. The van der Waals surface area contributed by atoms with E-state index >= 15 is 0 Å². The molecule has 0 aliphatic heterocycles. The zero-order valence-corrected chi connectivity index (χ0v) is 9.73. The van der Waals surface area contributed by atoms with Crippen LogP contribution in [0.15, 0.2) is 12.2 Å². The molecule has 0 rings (SSSR count). The Hall–Kier alpha value is -1.85. The first-order valence-corrected chi connectivity index (χ1v) is 5.19. The molecular weight excluding hydrogens is 228 g/mol. The van der Waals surface area contributed by atoms with Gasteiger partial charge >= 0.3 is 17.9 Å². The number of carboxylic acids is 1. The summed E-state index contributed by atoms with van der Waals surface area (Å²) in [5, 5.41) is 8.39. The monoisotopic (exact) mass is 244 g/mol. The lowest BCUT2D eigenvalue weighted by atomic mass is 10.2. The van der Waals surface area contributed by atoms with E-state index < -0.39 is 30.9 Å². The van der Waals surface area contributed by atoms with Gasteiger partial charge in [0.15, 0.2) is 6.61 Å². The van der Waals surface area contributed by atoms with Crippen molar-refractivity contribution in [3.8, 4) is 0 Å². The summed E-state index contributed by atoms with van der Waals surface area (Å²) in [6.45, 7) is 4.94. The van der Waals surface area contributed by atoms with Crippen LogP contribution in [0.5, 0.6) is 0 Å². The van der Waals surface area contributed by atoms with Crippen molar-refractivity contribution in [2.24, 2.45) is 0 Å². The van der Waals surface area contributed by atoms with Gasteiger partial charge in [-0.15, -0.1) is 0 Å². The molecule has 0 heterocycles. The standard InChI is InChI=1S/C11H16O6/c1-3-4-5-16-10(14)7-17-11(15)8(2)6-9(12)13/h2-7H2,1H3,(H,12,13). The van der Waals surface area contributed by atoms with Gasteiger partial charge in [-0.25, -0.2) is 9.59 Å². The molecule has 6 nitrogen and oxygen atoms in total. The molecule has 0 aromatic heterocycles. The maximum atomic E-state index is 11.1. The van der Waals surface area contributed by atoms with Crippen molar-refractivity contribution in [2.75, 3.05) is 13.2 Å². The Morgan fingerprint density at radius 1 is 1.24 bits per heavy atom. The highest BCUT2D eigenvalue weighted by molar-refractivity contribution is 5.93. The summed E-state index contributed by atoms with van der Waals surface area (Å²) in [4.78, 5) is 32.4. The molecule has 0 aliphatic carbocycles. The number of hydrogen-bond acceptors (Lipinski definition) is 5. The molecular formula is C11H16O6. The molecule has 0 saturated heterocycles. The van der Waals surface area contributed by atoms with Gasteiger partial charge in [-0.1, -0.05) is 19.9 Å². The molecule has 0 aromatic carbocycles. The topological polar surface area (TPSA) is 89.9 Å². The van der Waals surface area contributed by atoms with Crippen LogP contribution in [0.3, 0.4) is 0 Å². The number of ether oxygens (including phenoxy) is 2. The quantitative estimate of drug-likeness (QED) is 0.387. The van der Waals surface area contributed by atoms with Crippen LogP contribution in [0.25, 0.3) is 0 Å². The average Bonchev–Trinajstić information content (AvgIpc) is 2.25. The smallest absolute Gasteiger partial charge is 0.344 e. The molecule has 0 bridgehead atoms. The van der Waals surface area contributed by atoms with E-state index in [0.29, 0.717) is 0 Å². The molecule has 0 radical (unpaired) electrons. The van der Waals surface area contributed by atoms with Crippen LogP contribution >= 0.6 is 0 Å². The largest absolute Gasteiger partial charge is 0.481 e. The minimum absolute atomic E-state index is 0.209. The highest BCUT2D eigenvalue weighted by atomic mass is 16.6. The molecule has 0 aliphatic rings. The first kappa shape index (κ1) is 15.2. The average molecular weight is 244 g/mol. The molecule has 0 fully saturated rings. The predicted octanol–water partition coefficient (Wildman–Crippen LogP) is 0.904. The molecule has 0 aromatic rings. The van der Waals surface area contributed by atoms with Crippen LogP contribution in [0.1, 0.15) is 26.2 Å². The summed E-state index contributed by atoms with van der Waals surface area (Å²) in [5.74, 6) is -2.74. The minimum atomic E-state index is -1.18. The summed E-state index contributed by atoms with van der Waals surface area (Å²) in [7, 11) is 0. The number of carbonyl (C=O) groups is 3. The number of carbonyl (C=O) groups excluding carboxylic acids is 2. The second kappa shape index (κ2) is 8.32. The zero-order chi connectivity index (χ0) is 13.3. The van der Waals surface area contributed by atoms with Gasteiger partial charge < -0.3 is 14.6 Å². The predicted molar refractivity (Wildman–Crippen MR) is 58.2 cm³/mol. The van der Waals surface area contributed by atoms with E-state index in [1.807, 2.05) is 6.92 Å². The van der Waals surface area contributed by atoms with Gasteiger partial charge in [0, 0.05) is 5.57 Å². The molecule has 0 atom stereocenters. The highest BCUT2D eigenvalue weighted by Crippen LogP contribution is 2.01. The second-order valence-electron chi connectivity index (χ2n) is 3.32. The number of rotatable bonds is 8. The van der Waals surface area contributed by atoms with Crippen molar-refractivity contribution in [1.82, 2.24) is 0 Å². The third-order valence-electron chi connectivity index (χ3n) is 1.74. The fourth-order valence-electron chi connectivity index (χ4n) is 0.853. The second-order valence-corrected chi connectivity index (χ2v) is 3.32. The van der Waals surface area contributed by atoms with Crippen molar-refractivity contribution in [3.05, 3.63) is 12.2 Å². The summed E-state index contributed by atoms with van der Waals surface area (Å²) in [6.07, 6.45) is 1.12. The van der Waals surface area contributed by atoms with Gasteiger partial charge in [-0.3, -0.25) is 4.79 Å². The van der Waals surface area contributed by atoms with Crippen molar-refractivity contribution >= 4 is 17.9 Å². The van der Waals surface area contributed by atoms with Crippen molar-refractivity contribution in [2.45, 2.75) is 26.2 Å². The molecule has 0 saturated carbocycles.